The molecule has 26 heavy (non-hydrogen) atoms. The maximum atomic E-state index is 13.0. The first-order chi connectivity index (χ1) is 12.5. The number of amides is 1. The molecular weight excluding hydrogens is 344 g/mol. The molecule has 4 aliphatic rings. The van der Waals surface area contributed by atoms with Gasteiger partial charge in [-0.15, -0.1) is 0 Å². The van der Waals surface area contributed by atoms with Gasteiger partial charge >= 0.3 is 0 Å². The molecule has 1 aromatic heterocycles. The molecular formula is C20H30N4OS. The Balaban J connectivity index is 1.43. The topological polar surface area (TPSA) is 48.5 Å². The van der Waals surface area contributed by atoms with Crippen molar-refractivity contribution < 1.29 is 4.79 Å². The van der Waals surface area contributed by atoms with E-state index in [1.54, 1.807) is 0 Å². The van der Waals surface area contributed by atoms with Crippen LogP contribution in [0.1, 0.15) is 62.9 Å². The van der Waals surface area contributed by atoms with Gasteiger partial charge in [-0.3, -0.25) is 4.79 Å². The van der Waals surface area contributed by atoms with Crippen LogP contribution in [0.15, 0.2) is 0 Å². The first-order valence-electron chi connectivity index (χ1n) is 10.3. The summed E-state index contributed by atoms with van der Waals surface area (Å²) in [6.45, 7) is 8.26. The van der Waals surface area contributed by atoms with Gasteiger partial charge in [0.25, 0.3) is 0 Å². The van der Waals surface area contributed by atoms with Gasteiger partial charge < -0.3 is 15.1 Å². The van der Waals surface area contributed by atoms with Gasteiger partial charge in [-0.25, -0.2) is 4.98 Å². The van der Waals surface area contributed by atoms with Gasteiger partial charge in [-0.05, 0) is 25.7 Å². The molecule has 5 rings (SSSR count). The van der Waals surface area contributed by atoms with Crippen molar-refractivity contribution in [2.24, 2.45) is 5.92 Å². The van der Waals surface area contributed by atoms with E-state index >= 15 is 0 Å². The molecule has 3 fully saturated rings. The standard InChI is InChI=1S/C20H30N4OS/c1-20(2)12-23(18(25)13-5-3-4-6-13)11-16-17(20)22-19(26-16)24-14-7-8-15(24)10-21-9-14/h13-15,21H,3-12H2,1-2H3. The van der Waals surface area contributed by atoms with Crippen LogP contribution in [0.5, 0.6) is 0 Å². The molecule has 1 N–H and O–H groups in total. The maximum Gasteiger partial charge on any atom is 0.226 e. The number of nitrogens with zero attached hydrogens (tertiary/aromatic N) is 3. The average molecular weight is 375 g/mol. The SMILES string of the molecule is CC1(C)CN(C(=O)C2CCCC2)Cc2sc(N3C4CCC3CNC4)nc21. The monoisotopic (exact) mass is 374 g/mol. The molecule has 1 amide bonds. The number of rotatable bonds is 2. The molecule has 1 saturated carbocycles. The minimum atomic E-state index is -0.0519. The van der Waals surface area contributed by atoms with Crippen molar-refractivity contribution in [1.82, 2.24) is 15.2 Å². The Bertz CT molecular complexity index is 693. The molecule has 2 unspecified atom stereocenters. The first-order valence-corrected chi connectivity index (χ1v) is 11.1. The summed E-state index contributed by atoms with van der Waals surface area (Å²) in [5, 5.41) is 4.76. The van der Waals surface area contributed by atoms with E-state index in [0.717, 1.165) is 39.0 Å². The number of carbonyl (C=O) groups excluding carboxylic acids is 1. The van der Waals surface area contributed by atoms with Crippen LogP contribution in [0.4, 0.5) is 5.13 Å². The van der Waals surface area contributed by atoms with Gasteiger partial charge in [0.1, 0.15) is 0 Å². The van der Waals surface area contributed by atoms with E-state index in [-0.39, 0.29) is 11.3 Å². The zero-order valence-corrected chi connectivity index (χ0v) is 16.8. The number of fused-ring (bicyclic) bond motifs is 3. The van der Waals surface area contributed by atoms with Crippen LogP contribution < -0.4 is 10.2 Å². The molecule has 6 heteroatoms. The fourth-order valence-electron chi connectivity index (χ4n) is 5.54. The maximum absolute atomic E-state index is 13.0. The second-order valence-corrected chi connectivity index (χ2v) is 10.3. The average Bonchev–Trinajstić information content (AvgIpc) is 3.32. The summed E-state index contributed by atoms with van der Waals surface area (Å²) in [6.07, 6.45) is 7.15. The van der Waals surface area contributed by atoms with Crippen molar-refractivity contribution in [2.75, 3.05) is 24.5 Å². The lowest BCUT2D eigenvalue weighted by molar-refractivity contribution is -0.137. The zero-order valence-electron chi connectivity index (χ0n) is 16.0. The highest BCUT2D eigenvalue weighted by Crippen LogP contribution is 2.43. The summed E-state index contributed by atoms with van der Waals surface area (Å²) >= 11 is 1.85. The number of hydrogen-bond donors (Lipinski definition) is 1. The highest BCUT2D eigenvalue weighted by Gasteiger charge is 2.42. The van der Waals surface area contributed by atoms with E-state index in [4.69, 9.17) is 4.98 Å². The minimum Gasteiger partial charge on any atom is -0.340 e. The molecule has 1 aromatic rings. The Kier molecular flexibility index (Phi) is 4.05. The second kappa shape index (κ2) is 6.20. The lowest BCUT2D eigenvalue weighted by Crippen LogP contribution is -2.52. The number of hydrogen-bond acceptors (Lipinski definition) is 5. The highest BCUT2D eigenvalue weighted by atomic mass is 32.1. The summed E-state index contributed by atoms with van der Waals surface area (Å²) in [7, 11) is 0. The third-order valence-electron chi connectivity index (χ3n) is 6.86. The quantitative estimate of drug-likeness (QED) is 0.865. The van der Waals surface area contributed by atoms with Crippen LogP contribution in [-0.2, 0) is 16.8 Å². The Morgan fingerprint density at radius 1 is 1.15 bits per heavy atom. The third-order valence-corrected chi connectivity index (χ3v) is 7.92. The fourth-order valence-corrected chi connectivity index (χ4v) is 6.94. The third kappa shape index (κ3) is 2.68. The number of aromatic nitrogens is 1. The first kappa shape index (κ1) is 17.0. The Labute approximate surface area is 160 Å². The Hall–Kier alpha value is -1.14. The number of piperazine rings is 1. The van der Waals surface area contributed by atoms with E-state index in [2.05, 4.69) is 29.0 Å². The van der Waals surface area contributed by atoms with Crippen molar-refractivity contribution in [1.29, 1.82) is 0 Å². The predicted octanol–water partition coefficient (Wildman–Crippen LogP) is 2.89. The summed E-state index contributed by atoms with van der Waals surface area (Å²) in [5.74, 6) is 0.655. The van der Waals surface area contributed by atoms with Gasteiger partial charge in [-0.1, -0.05) is 38.0 Å². The Morgan fingerprint density at radius 2 is 1.85 bits per heavy atom. The minimum absolute atomic E-state index is 0.0519. The van der Waals surface area contributed by atoms with Crippen LogP contribution in [-0.4, -0.2) is 47.5 Å². The largest absolute Gasteiger partial charge is 0.340 e. The van der Waals surface area contributed by atoms with E-state index in [0.29, 0.717) is 18.0 Å². The number of anilines is 1. The van der Waals surface area contributed by atoms with Gasteiger partial charge in [0.2, 0.25) is 5.91 Å². The lowest BCUT2D eigenvalue weighted by Gasteiger charge is -2.38. The predicted molar refractivity (Wildman–Crippen MR) is 105 cm³/mol. The smallest absolute Gasteiger partial charge is 0.226 e. The van der Waals surface area contributed by atoms with E-state index in [9.17, 15) is 4.79 Å². The molecule has 4 heterocycles. The van der Waals surface area contributed by atoms with Crippen molar-refractivity contribution >= 4 is 22.4 Å². The molecule has 2 atom stereocenters. The molecule has 2 bridgehead atoms. The number of thiazole rings is 1. The molecule has 3 aliphatic heterocycles. The molecule has 2 saturated heterocycles. The van der Waals surface area contributed by atoms with E-state index < -0.39 is 0 Å². The van der Waals surface area contributed by atoms with Crippen LogP contribution in [0.3, 0.4) is 0 Å². The van der Waals surface area contributed by atoms with Gasteiger partial charge in [0.15, 0.2) is 5.13 Å². The van der Waals surface area contributed by atoms with Crippen LogP contribution in [0.25, 0.3) is 0 Å². The van der Waals surface area contributed by atoms with Crippen LogP contribution in [0.2, 0.25) is 0 Å². The van der Waals surface area contributed by atoms with Crippen LogP contribution >= 0.6 is 11.3 Å². The van der Waals surface area contributed by atoms with Crippen molar-refractivity contribution in [3.8, 4) is 0 Å². The molecule has 5 nitrogen and oxygen atoms in total. The molecule has 142 valence electrons. The zero-order chi connectivity index (χ0) is 17.9. The fraction of sp³-hybridized carbons (Fsp3) is 0.800. The van der Waals surface area contributed by atoms with Gasteiger partial charge in [0.05, 0.1) is 12.2 Å². The molecule has 1 aliphatic carbocycles. The summed E-state index contributed by atoms with van der Waals surface area (Å²) < 4.78 is 0. The van der Waals surface area contributed by atoms with E-state index in [1.807, 2.05) is 11.3 Å². The summed E-state index contributed by atoms with van der Waals surface area (Å²) in [4.78, 5) is 24.2. The number of carbonyl (C=O) groups is 1. The number of nitrogens with one attached hydrogen (secondary N) is 1. The van der Waals surface area contributed by atoms with Crippen molar-refractivity contribution in [3.63, 3.8) is 0 Å². The summed E-state index contributed by atoms with van der Waals surface area (Å²) in [6, 6.07) is 1.20. The van der Waals surface area contributed by atoms with Gasteiger partial charge in [0, 0.05) is 47.9 Å². The molecule has 0 radical (unpaired) electrons. The van der Waals surface area contributed by atoms with E-state index in [1.165, 1.54) is 41.4 Å². The second-order valence-electron chi connectivity index (χ2n) is 9.28. The van der Waals surface area contributed by atoms with Crippen LogP contribution in [0, 0.1) is 5.92 Å². The normalized spacial score (nSPS) is 30.7. The van der Waals surface area contributed by atoms with Crippen molar-refractivity contribution in [2.45, 2.75) is 76.4 Å². The summed E-state index contributed by atoms with van der Waals surface area (Å²) in [5.41, 5.74) is 1.19. The molecule has 0 aromatic carbocycles. The highest BCUT2D eigenvalue weighted by molar-refractivity contribution is 7.15. The van der Waals surface area contributed by atoms with Gasteiger partial charge in [-0.2, -0.15) is 0 Å². The lowest BCUT2D eigenvalue weighted by atomic mass is 9.84. The molecule has 0 spiro atoms. The van der Waals surface area contributed by atoms with Crippen molar-refractivity contribution in [3.05, 3.63) is 10.6 Å². The Morgan fingerprint density at radius 3 is 2.54 bits per heavy atom.